The zero-order chi connectivity index (χ0) is 9.14. The van der Waals surface area contributed by atoms with Crippen molar-refractivity contribution >= 4 is 17.9 Å². The molecule has 1 heterocycles. The van der Waals surface area contributed by atoms with Crippen LogP contribution >= 0.6 is 0 Å². The predicted molar refractivity (Wildman–Crippen MR) is 44.9 cm³/mol. The molecular weight excluding hydrogens is 156 g/mol. The lowest BCUT2D eigenvalue weighted by Gasteiger charge is -2.09. The van der Waals surface area contributed by atoms with Gasteiger partial charge in [-0.1, -0.05) is 0 Å². The first-order valence-corrected chi connectivity index (χ1v) is 3.66. The average Bonchev–Trinajstić information content (AvgIpc) is 2.04. The van der Waals surface area contributed by atoms with Crippen molar-refractivity contribution in [2.75, 3.05) is 6.54 Å². The largest absolute Gasteiger partial charge is 0.366 e. The Morgan fingerprint density at radius 1 is 1.58 bits per heavy atom. The van der Waals surface area contributed by atoms with Gasteiger partial charge < -0.3 is 5.73 Å². The van der Waals surface area contributed by atoms with E-state index in [-0.39, 0.29) is 5.78 Å². The van der Waals surface area contributed by atoms with E-state index in [2.05, 4.69) is 4.99 Å². The number of Topliss-reactive ketones (excluding diaryl/α,β-unsaturated/α-hetero) is 1. The van der Waals surface area contributed by atoms with Crippen LogP contribution in [0.4, 0.5) is 0 Å². The number of hydrogen-bond acceptors (Lipinski definition) is 3. The van der Waals surface area contributed by atoms with Crippen LogP contribution in [0.5, 0.6) is 0 Å². The van der Waals surface area contributed by atoms with E-state index >= 15 is 0 Å². The van der Waals surface area contributed by atoms with Crippen LogP contribution in [-0.4, -0.2) is 24.4 Å². The standard InChI is InChI=1S/C8H10N2O2/c1-5(11)7-4-10-3-2-6(7)8(9)12/h4H,2-3H2,1H3,(H2,9,12). The van der Waals surface area contributed by atoms with Crippen LogP contribution in [0.3, 0.4) is 0 Å². The fraction of sp³-hybridized carbons (Fsp3) is 0.375. The van der Waals surface area contributed by atoms with Crippen molar-refractivity contribution in [1.82, 2.24) is 0 Å². The SMILES string of the molecule is CC(=O)C1=C(C(N)=O)CCN=C1. The third kappa shape index (κ3) is 1.58. The fourth-order valence-electron chi connectivity index (χ4n) is 1.10. The summed E-state index contributed by atoms with van der Waals surface area (Å²) in [6.07, 6.45) is 1.90. The maximum atomic E-state index is 11.0. The van der Waals surface area contributed by atoms with Gasteiger partial charge in [-0.3, -0.25) is 14.6 Å². The highest BCUT2D eigenvalue weighted by Crippen LogP contribution is 2.12. The molecule has 0 atom stereocenters. The number of hydrogen-bond donors (Lipinski definition) is 1. The Bertz CT molecular complexity index is 289. The number of allylic oxidation sites excluding steroid dienone is 1. The summed E-state index contributed by atoms with van der Waals surface area (Å²) in [5.41, 5.74) is 5.84. The van der Waals surface area contributed by atoms with Crippen molar-refractivity contribution in [3.8, 4) is 0 Å². The molecule has 0 saturated carbocycles. The van der Waals surface area contributed by atoms with Crippen molar-refractivity contribution in [2.24, 2.45) is 10.7 Å². The van der Waals surface area contributed by atoms with Gasteiger partial charge in [-0.05, 0) is 13.3 Å². The third-order valence-corrected chi connectivity index (χ3v) is 1.71. The third-order valence-electron chi connectivity index (χ3n) is 1.71. The van der Waals surface area contributed by atoms with E-state index < -0.39 is 5.91 Å². The van der Waals surface area contributed by atoms with E-state index in [0.717, 1.165) is 0 Å². The van der Waals surface area contributed by atoms with Gasteiger partial charge in [0.15, 0.2) is 5.78 Å². The van der Waals surface area contributed by atoms with E-state index in [1.807, 2.05) is 0 Å². The van der Waals surface area contributed by atoms with Crippen LogP contribution in [0, 0.1) is 0 Å². The first kappa shape index (κ1) is 8.64. The minimum absolute atomic E-state index is 0.160. The molecule has 4 nitrogen and oxygen atoms in total. The summed E-state index contributed by atoms with van der Waals surface area (Å²) < 4.78 is 0. The molecule has 0 spiro atoms. The van der Waals surface area contributed by atoms with Gasteiger partial charge in [0.05, 0.1) is 0 Å². The molecule has 1 rings (SSSR count). The molecule has 0 fully saturated rings. The van der Waals surface area contributed by atoms with Gasteiger partial charge in [-0.15, -0.1) is 0 Å². The predicted octanol–water partition coefficient (Wildman–Crippen LogP) is -0.168. The monoisotopic (exact) mass is 166 g/mol. The van der Waals surface area contributed by atoms with Crippen LogP contribution in [0.2, 0.25) is 0 Å². The smallest absolute Gasteiger partial charge is 0.245 e. The second-order valence-corrected chi connectivity index (χ2v) is 2.60. The lowest BCUT2D eigenvalue weighted by atomic mass is 10.0. The summed E-state index contributed by atoms with van der Waals surface area (Å²) in [5.74, 6) is -0.682. The number of dihydropyridines is 1. The Labute approximate surface area is 70.2 Å². The highest BCUT2D eigenvalue weighted by molar-refractivity contribution is 6.18. The van der Waals surface area contributed by atoms with Crippen LogP contribution in [0.1, 0.15) is 13.3 Å². The molecule has 1 amide bonds. The molecule has 1 aliphatic rings. The van der Waals surface area contributed by atoms with Crippen LogP contribution in [0.25, 0.3) is 0 Å². The summed E-state index contributed by atoms with van der Waals surface area (Å²) in [6, 6.07) is 0. The Kier molecular flexibility index (Phi) is 2.38. The maximum Gasteiger partial charge on any atom is 0.245 e. The van der Waals surface area contributed by atoms with Gasteiger partial charge in [0.2, 0.25) is 5.91 Å². The Balaban J connectivity index is 3.08. The number of primary amides is 1. The number of rotatable bonds is 2. The van der Waals surface area contributed by atoms with Crippen LogP contribution < -0.4 is 5.73 Å². The van der Waals surface area contributed by atoms with E-state index in [9.17, 15) is 9.59 Å². The molecule has 12 heavy (non-hydrogen) atoms. The second-order valence-electron chi connectivity index (χ2n) is 2.60. The van der Waals surface area contributed by atoms with Crippen molar-refractivity contribution < 1.29 is 9.59 Å². The lowest BCUT2D eigenvalue weighted by molar-refractivity contribution is -0.116. The highest BCUT2D eigenvalue weighted by atomic mass is 16.1. The van der Waals surface area contributed by atoms with E-state index in [1.54, 1.807) is 0 Å². The van der Waals surface area contributed by atoms with E-state index in [1.165, 1.54) is 13.1 Å². The zero-order valence-corrected chi connectivity index (χ0v) is 6.83. The molecule has 0 aromatic carbocycles. The summed E-state index contributed by atoms with van der Waals surface area (Å²) in [6.45, 7) is 1.94. The number of carbonyl (C=O) groups excluding carboxylic acids is 2. The number of nitrogens with two attached hydrogens (primary N) is 1. The number of nitrogens with zero attached hydrogens (tertiary/aromatic N) is 1. The minimum atomic E-state index is -0.522. The number of amides is 1. The van der Waals surface area contributed by atoms with Gasteiger partial charge in [0.1, 0.15) is 0 Å². The van der Waals surface area contributed by atoms with Gasteiger partial charge in [-0.25, -0.2) is 0 Å². The first-order chi connectivity index (χ1) is 5.63. The van der Waals surface area contributed by atoms with Crippen molar-refractivity contribution in [3.63, 3.8) is 0 Å². The minimum Gasteiger partial charge on any atom is -0.366 e. The lowest BCUT2D eigenvalue weighted by Crippen LogP contribution is -2.21. The summed E-state index contributed by atoms with van der Waals surface area (Å²) >= 11 is 0. The molecule has 0 bridgehead atoms. The van der Waals surface area contributed by atoms with Gasteiger partial charge >= 0.3 is 0 Å². The molecule has 0 aromatic heterocycles. The summed E-state index contributed by atoms with van der Waals surface area (Å²) in [5, 5.41) is 0. The molecule has 0 saturated heterocycles. The highest BCUT2D eigenvalue weighted by Gasteiger charge is 2.16. The molecule has 4 heteroatoms. The quantitative estimate of drug-likeness (QED) is 0.618. The topological polar surface area (TPSA) is 72.5 Å². The molecular formula is C8H10N2O2. The normalized spacial score (nSPS) is 16.4. The average molecular weight is 166 g/mol. The zero-order valence-electron chi connectivity index (χ0n) is 6.83. The van der Waals surface area contributed by atoms with Gasteiger partial charge in [0.25, 0.3) is 0 Å². The van der Waals surface area contributed by atoms with Crippen LogP contribution in [-0.2, 0) is 9.59 Å². The number of ketones is 1. The summed E-state index contributed by atoms with van der Waals surface area (Å²) in [4.78, 5) is 25.7. The molecule has 1 aliphatic heterocycles. The van der Waals surface area contributed by atoms with Crippen molar-refractivity contribution in [2.45, 2.75) is 13.3 Å². The second kappa shape index (κ2) is 3.30. The van der Waals surface area contributed by atoms with Crippen molar-refractivity contribution in [3.05, 3.63) is 11.1 Å². The fourth-order valence-corrected chi connectivity index (χ4v) is 1.10. The Morgan fingerprint density at radius 2 is 2.25 bits per heavy atom. The number of carbonyl (C=O) groups is 2. The van der Waals surface area contributed by atoms with Crippen molar-refractivity contribution in [1.29, 1.82) is 0 Å². The van der Waals surface area contributed by atoms with E-state index in [4.69, 9.17) is 5.73 Å². The Morgan fingerprint density at radius 3 is 2.67 bits per heavy atom. The molecule has 64 valence electrons. The molecule has 0 radical (unpaired) electrons. The summed E-state index contributed by atoms with van der Waals surface area (Å²) in [7, 11) is 0. The van der Waals surface area contributed by atoms with Crippen LogP contribution in [0.15, 0.2) is 16.1 Å². The first-order valence-electron chi connectivity index (χ1n) is 3.66. The maximum absolute atomic E-state index is 11.0. The molecule has 2 N–H and O–H groups in total. The number of aliphatic imine (C=N–C) groups is 1. The van der Waals surface area contributed by atoms with Gasteiger partial charge in [-0.2, -0.15) is 0 Å². The molecule has 0 aromatic rings. The van der Waals surface area contributed by atoms with E-state index in [0.29, 0.717) is 24.1 Å². The van der Waals surface area contributed by atoms with Gasteiger partial charge in [0, 0.05) is 23.9 Å². The molecule has 0 unspecified atom stereocenters. The molecule has 0 aliphatic carbocycles. The Hall–Kier alpha value is -1.45.